The van der Waals surface area contributed by atoms with Gasteiger partial charge in [0.05, 0.1) is 12.1 Å². The van der Waals surface area contributed by atoms with Crippen LogP contribution in [0.2, 0.25) is 0 Å². The number of carbonyl (C=O) groups is 2. The minimum atomic E-state index is -0.0936. The van der Waals surface area contributed by atoms with Crippen molar-refractivity contribution < 1.29 is 9.59 Å². The molecule has 3 unspecified atom stereocenters. The van der Waals surface area contributed by atoms with E-state index in [9.17, 15) is 9.59 Å². The Bertz CT molecular complexity index is 1150. The molecule has 0 aromatic heterocycles. The fraction of sp³-hybridized carbons (Fsp3) is 0.333. The van der Waals surface area contributed by atoms with Crippen LogP contribution in [0.5, 0.6) is 0 Å². The summed E-state index contributed by atoms with van der Waals surface area (Å²) in [4.78, 5) is 24.9. The van der Waals surface area contributed by atoms with E-state index in [0.29, 0.717) is 0 Å². The van der Waals surface area contributed by atoms with Crippen LogP contribution in [0.15, 0.2) is 78.9 Å². The third kappa shape index (κ3) is 6.01. The molecule has 0 bridgehead atoms. The fourth-order valence-corrected chi connectivity index (χ4v) is 5.15. The molecule has 6 heteroatoms. The Kier molecular flexibility index (Phi) is 7.74. The van der Waals surface area contributed by atoms with Gasteiger partial charge in [-0.2, -0.15) is 0 Å². The molecule has 3 aromatic rings. The van der Waals surface area contributed by atoms with Crippen molar-refractivity contribution >= 4 is 23.2 Å². The van der Waals surface area contributed by atoms with Gasteiger partial charge in [0, 0.05) is 17.3 Å². The summed E-state index contributed by atoms with van der Waals surface area (Å²) in [7, 11) is 0. The number of hydrogen-bond donors (Lipinski definition) is 4. The average Bonchev–Trinajstić information content (AvgIpc) is 3.65. The molecule has 6 nitrogen and oxygen atoms in total. The van der Waals surface area contributed by atoms with E-state index in [1.54, 1.807) is 0 Å². The van der Waals surface area contributed by atoms with Gasteiger partial charge >= 0.3 is 0 Å². The van der Waals surface area contributed by atoms with E-state index in [2.05, 4.69) is 69.8 Å². The summed E-state index contributed by atoms with van der Waals surface area (Å²) in [5.41, 5.74) is 5.29. The number of nitrogens with one attached hydrogen (secondary N) is 4. The van der Waals surface area contributed by atoms with E-state index >= 15 is 0 Å². The van der Waals surface area contributed by atoms with Gasteiger partial charge in [0.2, 0.25) is 11.8 Å². The molecule has 2 amide bonds. The molecule has 3 aromatic carbocycles. The monoisotopic (exact) mass is 482 g/mol. The SMILES string of the molecule is O=C(Nc1ccc(CC(c2ccccc2)c2ccc(NC(=O)C3CCCN3)cc2)cc1)C1CCCN1. The lowest BCUT2D eigenvalue weighted by atomic mass is 9.86. The van der Waals surface area contributed by atoms with Crippen LogP contribution in [0.25, 0.3) is 0 Å². The molecular weight excluding hydrogens is 448 g/mol. The van der Waals surface area contributed by atoms with Crippen LogP contribution in [0.3, 0.4) is 0 Å². The maximum Gasteiger partial charge on any atom is 0.241 e. The largest absolute Gasteiger partial charge is 0.325 e. The summed E-state index contributed by atoms with van der Waals surface area (Å²) in [6, 6.07) is 26.7. The second-order valence-corrected chi connectivity index (χ2v) is 9.76. The first-order valence-corrected chi connectivity index (χ1v) is 13.0. The summed E-state index contributed by atoms with van der Waals surface area (Å²) in [5, 5.41) is 12.6. The lowest BCUT2D eigenvalue weighted by Crippen LogP contribution is -2.35. The minimum absolute atomic E-state index is 0.0377. The van der Waals surface area contributed by atoms with Crippen LogP contribution in [-0.2, 0) is 16.0 Å². The molecular formula is C30H34N4O2. The van der Waals surface area contributed by atoms with Crippen molar-refractivity contribution in [3.8, 4) is 0 Å². The highest BCUT2D eigenvalue weighted by Crippen LogP contribution is 2.30. The highest BCUT2D eigenvalue weighted by atomic mass is 16.2. The predicted octanol–water partition coefficient (Wildman–Crippen LogP) is 4.44. The Labute approximate surface area is 212 Å². The Morgan fingerprint density at radius 2 is 1.19 bits per heavy atom. The van der Waals surface area contributed by atoms with Crippen molar-refractivity contribution in [1.82, 2.24) is 10.6 Å². The molecule has 3 atom stereocenters. The molecule has 0 aliphatic carbocycles. The summed E-state index contributed by atoms with van der Waals surface area (Å²) in [6.07, 6.45) is 4.70. The first-order valence-electron chi connectivity index (χ1n) is 13.0. The lowest BCUT2D eigenvalue weighted by Gasteiger charge is -2.20. The fourth-order valence-electron chi connectivity index (χ4n) is 5.15. The predicted molar refractivity (Wildman–Crippen MR) is 144 cm³/mol. The van der Waals surface area contributed by atoms with Crippen molar-refractivity contribution in [3.05, 3.63) is 95.6 Å². The summed E-state index contributed by atoms with van der Waals surface area (Å²) >= 11 is 0. The van der Waals surface area contributed by atoms with E-state index in [-0.39, 0.29) is 29.8 Å². The molecule has 2 aliphatic rings. The Balaban J connectivity index is 1.28. The maximum absolute atomic E-state index is 12.5. The zero-order valence-corrected chi connectivity index (χ0v) is 20.5. The van der Waals surface area contributed by atoms with Crippen LogP contribution in [0.1, 0.15) is 48.3 Å². The van der Waals surface area contributed by atoms with E-state index < -0.39 is 0 Å². The van der Waals surface area contributed by atoms with Crippen molar-refractivity contribution in [3.63, 3.8) is 0 Å². The minimum Gasteiger partial charge on any atom is -0.325 e. The van der Waals surface area contributed by atoms with Crippen molar-refractivity contribution in [2.75, 3.05) is 23.7 Å². The van der Waals surface area contributed by atoms with E-state index in [0.717, 1.165) is 56.6 Å². The van der Waals surface area contributed by atoms with Crippen molar-refractivity contribution in [2.45, 2.75) is 50.1 Å². The van der Waals surface area contributed by atoms with Gasteiger partial charge in [-0.1, -0.05) is 54.6 Å². The second kappa shape index (κ2) is 11.5. The molecule has 2 fully saturated rings. The number of anilines is 2. The van der Waals surface area contributed by atoms with Gasteiger partial charge in [-0.05, 0) is 86.1 Å². The van der Waals surface area contributed by atoms with Crippen LogP contribution in [0, 0.1) is 0 Å². The molecule has 0 spiro atoms. The average molecular weight is 483 g/mol. The summed E-state index contributed by atoms with van der Waals surface area (Å²) in [5.74, 6) is 0.254. The molecule has 0 radical (unpaired) electrons. The maximum atomic E-state index is 12.5. The molecule has 2 aliphatic heterocycles. The molecule has 0 saturated carbocycles. The molecule has 2 heterocycles. The third-order valence-electron chi connectivity index (χ3n) is 7.20. The van der Waals surface area contributed by atoms with Crippen LogP contribution >= 0.6 is 0 Å². The molecule has 5 rings (SSSR count). The van der Waals surface area contributed by atoms with Gasteiger partial charge < -0.3 is 21.3 Å². The van der Waals surface area contributed by atoms with Crippen molar-refractivity contribution in [2.24, 2.45) is 0 Å². The number of benzene rings is 3. The highest BCUT2D eigenvalue weighted by molar-refractivity contribution is 5.95. The normalized spacial score (nSPS) is 20.1. The molecule has 36 heavy (non-hydrogen) atoms. The smallest absolute Gasteiger partial charge is 0.241 e. The van der Waals surface area contributed by atoms with Crippen LogP contribution in [0.4, 0.5) is 11.4 Å². The third-order valence-corrected chi connectivity index (χ3v) is 7.20. The molecule has 4 N–H and O–H groups in total. The Morgan fingerprint density at radius 3 is 1.69 bits per heavy atom. The lowest BCUT2D eigenvalue weighted by molar-refractivity contribution is -0.118. The zero-order chi connectivity index (χ0) is 24.7. The summed E-state index contributed by atoms with van der Waals surface area (Å²) < 4.78 is 0. The van der Waals surface area contributed by atoms with Gasteiger partial charge in [0.25, 0.3) is 0 Å². The van der Waals surface area contributed by atoms with Gasteiger partial charge in [-0.15, -0.1) is 0 Å². The van der Waals surface area contributed by atoms with Gasteiger partial charge in [-0.3, -0.25) is 9.59 Å². The standard InChI is InChI=1S/C30H34N4O2/c35-29(27-8-4-18-31-27)33-24-14-10-21(11-15-24)20-26(22-6-2-1-3-7-22)23-12-16-25(17-13-23)34-30(36)28-9-5-19-32-28/h1-3,6-7,10-17,26-28,31-32H,4-5,8-9,18-20H2,(H,33,35)(H,34,36). The van der Waals surface area contributed by atoms with E-state index in [4.69, 9.17) is 0 Å². The van der Waals surface area contributed by atoms with Crippen LogP contribution < -0.4 is 21.3 Å². The molecule has 2 saturated heterocycles. The van der Waals surface area contributed by atoms with Gasteiger partial charge in [0.15, 0.2) is 0 Å². The van der Waals surface area contributed by atoms with E-state index in [1.807, 2.05) is 30.3 Å². The van der Waals surface area contributed by atoms with Gasteiger partial charge in [0.1, 0.15) is 0 Å². The first-order chi connectivity index (χ1) is 17.7. The number of rotatable bonds is 8. The first kappa shape index (κ1) is 24.2. The van der Waals surface area contributed by atoms with E-state index in [1.165, 1.54) is 16.7 Å². The summed E-state index contributed by atoms with van der Waals surface area (Å²) in [6.45, 7) is 1.81. The zero-order valence-electron chi connectivity index (χ0n) is 20.5. The van der Waals surface area contributed by atoms with Crippen LogP contribution in [-0.4, -0.2) is 37.0 Å². The van der Waals surface area contributed by atoms with Gasteiger partial charge in [-0.25, -0.2) is 0 Å². The Hall–Kier alpha value is -3.48. The molecule has 186 valence electrons. The number of amides is 2. The quantitative estimate of drug-likeness (QED) is 0.383. The highest BCUT2D eigenvalue weighted by Gasteiger charge is 2.23. The Morgan fingerprint density at radius 1 is 0.694 bits per heavy atom. The number of hydrogen-bond acceptors (Lipinski definition) is 4. The van der Waals surface area contributed by atoms with Crippen molar-refractivity contribution in [1.29, 1.82) is 0 Å². The topological polar surface area (TPSA) is 82.3 Å². The second-order valence-electron chi connectivity index (χ2n) is 9.76. The number of carbonyl (C=O) groups excluding carboxylic acids is 2.